The maximum Gasteiger partial charge on any atom is 0.265 e. The summed E-state index contributed by atoms with van der Waals surface area (Å²) >= 11 is 0. The lowest BCUT2D eigenvalue weighted by Gasteiger charge is -2.34. The molecule has 5 nitrogen and oxygen atoms in total. The molecule has 1 fully saturated rings. The predicted octanol–water partition coefficient (Wildman–Crippen LogP) is 5.07. The third-order valence-electron chi connectivity index (χ3n) is 5.68. The lowest BCUT2D eigenvalue weighted by Crippen LogP contribution is -2.59. The van der Waals surface area contributed by atoms with Crippen molar-refractivity contribution in [1.82, 2.24) is 5.43 Å². The minimum atomic E-state index is 0.000825. The van der Waals surface area contributed by atoms with Gasteiger partial charge in [-0.1, -0.05) is 45.0 Å². The highest BCUT2D eigenvalue weighted by Crippen LogP contribution is 2.24. The summed E-state index contributed by atoms with van der Waals surface area (Å²) in [6.07, 6.45) is 3.77. The van der Waals surface area contributed by atoms with Crippen LogP contribution in [0.15, 0.2) is 48.5 Å². The van der Waals surface area contributed by atoms with E-state index in [0.29, 0.717) is 23.2 Å². The number of hydrogen-bond acceptors (Lipinski definition) is 3. The first-order valence-corrected chi connectivity index (χ1v) is 11.2. The minimum absolute atomic E-state index is 0.000825. The van der Waals surface area contributed by atoms with Crippen LogP contribution < -0.4 is 10.2 Å². The molecule has 5 heteroatoms. The summed E-state index contributed by atoms with van der Waals surface area (Å²) in [5.74, 6) is 0.996. The fraction of sp³-hybridized carbons (Fsp3) is 0.462. The first kappa shape index (κ1) is 22.8. The first-order chi connectivity index (χ1) is 14.8. The number of ether oxygens (including phenoxy) is 1. The number of nitriles is 1. The van der Waals surface area contributed by atoms with Gasteiger partial charge in [-0.05, 0) is 40.8 Å². The Labute approximate surface area is 186 Å². The highest BCUT2D eigenvalue weighted by atomic mass is 16.5. The molecule has 1 saturated heterocycles. The van der Waals surface area contributed by atoms with E-state index in [1.807, 2.05) is 48.5 Å². The second kappa shape index (κ2) is 9.98. The fourth-order valence-electron chi connectivity index (χ4n) is 4.16. The summed E-state index contributed by atoms with van der Waals surface area (Å²) < 4.78 is 6.65. The number of quaternary nitrogens is 1. The van der Waals surface area contributed by atoms with Gasteiger partial charge in [0.25, 0.3) is 5.91 Å². The number of rotatable bonds is 8. The number of nitrogens with zero attached hydrogens (tertiary/aromatic N) is 2. The Morgan fingerprint density at radius 3 is 2.16 bits per heavy atom. The van der Waals surface area contributed by atoms with Gasteiger partial charge in [0, 0.05) is 25.7 Å². The molecular weight excluding hydrogens is 386 g/mol. The van der Waals surface area contributed by atoms with E-state index in [4.69, 9.17) is 10.00 Å². The molecule has 0 radical (unpaired) electrons. The molecule has 3 rings (SSSR count). The molecule has 164 valence electrons. The molecule has 0 aliphatic carbocycles. The summed E-state index contributed by atoms with van der Waals surface area (Å²) in [4.78, 5) is 12.5. The number of hydrogen-bond donors (Lipinski definition) is 1. The molecule has 0 spiro atoms. The zero-order valence-corrected chi connectivity index (χ0v) is 19.0. The van der Waals surface area contributed by atoms with E-state index >= 15 is 0 Å². The van der Waals surface area contributed by atoms with Crippen molar-refractivity contribution in [1.29, 1.82) is 5.26 Å². The van der Waals surface area contributed by atoms with Crippen molar-refractivity contribution in [2.75, 3.05) is 26.2 Å². The van der Waals surface area contributed by atoms with E-state index in [9.17, 15) is 4.79 Å². The molecule has 0 atom stereocenters. The standard InChI is InChI=1S/C26H33N3O2/c1-26(2,3)19-25(30)28-29(15-4-5-16-29)17-6-18-31-24-13-11-23(12-14-24)22-9-7-21(20-27)8-10-22/h7-14H,4-6,15-19H2,1-3H3/p+1. The normalized spacial score (nSPS) is 15.3. The molecule has 1 aliphatic heterocycles. The molecule has 1 N–H and O–H groups in total. The topological polar surface area (TPSA) is 62.1 Å². The Bertz CT molecular complexity index is 900. The number of nitrogens with one attached hydrogen (secondary N) is 1. The number of amides is 1. The molecule has 2 aromatic carbocycles. The first-order valence-electron chi connectivity index (χ1n) is 11.2. The average Bonchev–Trinajstić information content (AvgIpc) is 3.18. The monoisotopic (exact) mass is 420 g/mol. The van der Waals surface area contributed by atoms with Crippen LogP contribution in [-0.4, -0.2) is 36.7 Å². The van der Waals surface area contributed by atoms with Crippen LogP contribution in [0.2, 0.25) is 0 Å². The van der Waals surface area contributed by atoms with E-state index in [0.717, 1.165) is 55.8 Å². The van der Waals surface area contributed by atoms with Crippen LogP contribution in [0.4, 0.5) is 0 Å². The largest absolute Gasteiger partial charge is 0.493 e. The lowest BCUT2D eigenvalue weighted by molar-refractivity contribution is -0.950. The third kappa shape index (κ3) is 6.83. The van der Waals surface area contributed by atoms with Crippen LogP contribution in [0.3, 0.4) is 0 Å². The van der Waals surface area contributed by atoms with Crippen molar-refractivity contribution in [3.63, 3.8) is 0 Å². The Morgan fingerprint density at radius 2 is 1.61 bits per heavy atom. The lowest BCUT2D eigenvalue weighted by atomic mass is 9.92. The van der Waals surface area contributed by atoms with E-state index in [1.54, 1.807) is 0 Å². The zero-order valence-electron chi connectivity index (χ0n) is 19.0. The molecule has 0 bridgehead atoms. The second-order valence-electron chi connectivity index (χ2n) is 9.71. The predicted molar refractivity (Wildman–Crippen MR) is 123 cm³/mol. The molecular formula is C26H34N3O2+. The second-order valence-corrected chi connectivity index (χ2v) is 9.71. The van der Waals surface area contributed by atoms with Crippen molar-refractivity contribution in [3.8, 4) is 22.9 Å². The van der Waals surface area contributed by atoms with Gasteiger partial charge in [-0.25, -0.2) is 10.0 Å². The summed E-state index contributed by atoms with van der Waals surface area (Å²) in [6, 6.07) is 17.8. The van der Waals surface area contributed by atoms with E-state index in [-0.39, 0.29) is 11.3 Å². The van der Waals surface area contributed by atoms with Crippen LogP contribution in [-0.2, 0) is 4.79 Å². The van der Waals surface area contributed by atoms with E-state index < -0.39 is 0 Å². The van der Waals surface area contributed by atoms with Gasteiger partial charge in [0.15, 0.2) is 0 Å². The van der Waals surface area contributed by atoms with Gasteiger partial charge in [-0.15, -0.1) is 0 Å². The summed E-state index contributed by atoms with van der Waals surface area (Å²) in [7, 11) is 0. The quantitative estimate of drug-likeness (QED) is 0.479. The number of carbonyl (C=O) groups excluding carboxylic acids is 1. The Kier molecular flexibility index (Phi) is 7.35. The van der Waals surface area contributed by atoms with Gasteiger partial charge >= 0.3 is 0 Å². The Balaban J connectivity index is 1.48. The van der Waals surface area contributed by atoms with Crippen molar-refractivity contribution in [2.24, 2.45) is 5.41 Å². The van der Waals surface area contributed by atoms with Crippen molar-refractivity contribution in [3.05, 3.63) is 54.1 Å². The number of carbonyl (C=O) groups is 1. The van der Waals surface area contributed by atoms with Crippen LogP contribution in [0.25, 0.3) is 11.1 Å². The van der Waals surface area contributed by atoms with E-state index in [2.05, 4.69) is 32.3 Å². The van der Waals surface area contributed by atoms with Crippen molar-refractivity contribution < 1.29 is 14.1 Å². The SMILES string of the molecule is CC(C)(C)CC(=O)N[N+]1(CCCOc2ccc(-c3ccc(C#N)cc3)cc2)CCCC1. The zero-order chi connectivity index (χ0) is 22.3. The molecule has 31 heavy (non-hydrogen) atoms. The minimum Gasteiger partial charge on any atom is -0.493 e. The number of likely N-dealkylation sites (tertiary alicyclic amines) is 1. The van der Waals surface area contributed by atoms with Gasteiger partial charge in [0.2, 0.25) is 0 Å². The summed E-state index contributed by atoms with van der Waals surface area (Å²) in [5.41, 5.74) is 6.15. The molecule has 1 aliphatic rings. The molecule has 0 aromatic heterocycles. The number of benzene rings is 2. The Morgan fingerprint density at radius 1 is 1.03 bits per heavy atom. The van der Waals surface area contributed by atoms with Crippen LogP contribution >= 0.6 is 0 Å². The van der Waals surface area contributed by atoms with Gasteiger partial charge in [-0.3, -0.25) is 4.79 Å². The summed E-state index contributed by atoms with van der Waals surface area (Å²) in [5, 5.41) is 8.92. The maximum atomic E-state index is 12.5. The highest BCUT2D eigenvalue weighted by Gasteiger charge is 2.34. The third-order valence-corrected chi connectivity index (χ3v) is 5.68. The van der Waals surface area contributed by atoms with E-state index in [1.165, 1.54) is 0 Å². The van der Waals surface area contributed by atoms with Gasteiger partial charge in [0.05, 0.1) is 18.2 Å². The smallest absolute Gasteiger partial charge is 0.265 e. The summed E-state index contributed by atoms with van der Waals surface area (Å²) in [6.45, 7) is 9.85. The van der Waals surface area contributed by atoms with Crippen LogP contribution in [0.5, 0.6) is 5.75 Å². The van der Waals surface area contributed by atoms with Crippen molar-refractivity contribution in [2.45, 2.75) is 46.5 Å². The molecule has 1 amide bonds. The van der Waals surface area contributed by atoms with Gasteiger partial charge in [0.1, 0.15) is 25.4 Å². The Hall–Kier alpha value is -2.84. The molecule has 0 unspecified atom stereocenters. The maximum absolute atomic E-state index is 12.5. The van der Waals surface area contributed by atoms with Crippen LogP contribution in [0, 0.1) is 16.7 Å². The molecule has 0 saturated carbocycles. The van der Waals surface area contributed by atoms with Crippen LogP contribution in [0.1, 0.15) is 52.0 Å². The van der Waals surface area contributed by atoms with Gasteiger partial charge in [-0.2, -0.15) is 5.26 Å². The van der Waals surface area contributed by atoms with Gasteiger partial charge < -0.3 is 4.74 Å². The van der Waals surface area contributed by atoms with Crippen molar-refractivity contribution >= 4 is 5.91 Å². The molecule has 2 aromatic rings. The highest BCUT2D eigenvalue weighted by molar-refractivity contribution is 5.75. The average molecular weight is 421 g/mol. The fourth-order valence-corrected chi connectivity index (χ4v) is 4.16. The molecule has 1 heterocycles.